The molecule has 0 N–H and O–H groups in total. The molecule has 4 aromatic heterocycles. The van der Waals surface area contributed by atoms with Gasteiger partial charge in [-0.3, -0.25) is 4.98 Å². The van der Waals surface area contributed by atoms with E-state index < -0.39 is 0 Å². The van der Waals surface area contributed by atoms with Gasteiger partial charge in [0.25, 0.3) is 0 Å². The van der Waals surface area contributed by atoms with Gasteiger partial charge in [0.05, 0.1) is 40.5 Å². The first kappa shape index (κ1) is 15.8. The van der Waals surface area contributed by atoms with Gasteiger partial charge in [-0.05, 0) is 29.5 Å². The minimum absolute atomic E-state index is 0.886. The molecule has 0 aromatic carbocycles. The Bertz CT molecular complexity index is 1020. The second kappa shape index (κ2) is 6.29. The van der Waals surface area contributed by atoms with Crippen LogP contribution in [-0.2, 0) is 13.5 Å². The molecule has 25 heavy (non-hydrogen) atoms. The number of anilines is 2. The smallest absolute Gasteiger partial charge is 0.134 e. The van der Waals surface area contributed by atoms with Crippen molar-refractivity contribution in [2.75, 3.05) is 11.9 Å². The number of rotatable bonds is 4. The number of aromatic nitrogens is 4. The Morgan fingerprint density at radius 1 is 1.16 bits per heavy atom. The number of hydrogen-bond donors (Lipinski definition) is 0. The highest BCUT2D eigenvalue weighted by Crippen LogP contribution is 2.31. The summed E-state index contributed by atoms with van der Waals surface area (Å²) in [5, 5.41) is 2.08. The van der Waals surface area contributed by atoms with Gasteiger partial charge >= 0.3 is 0 Å². The highest BCUT2D eigenvalue weighted by atomic mass is 32.1. The van der Waals surface area contributed by atoms with Gasteiger partial charge in [-0.25, -0.2) is 9.97 Å². The standard InChI is InChI=1S/C19H19N5S/c1-4-13-8-14(18-6-5-7-25-18)20-11-17(13)24(3)19-9-16-15(10-21-19)22-12-23(16)2/h5-12H,4H2,1-3H3. The minimum atomic E-state index is 0.886. The maximum absolute atomic E-state index is 4.67. The highest BCUT2D eigenvalue weighted by Gasteiger charge is 2.14. The molecule has 0 saturated carbocycles. The third-order valence-electron chi connectivity index (χ3n) is 4.42. The zero-order valence-corrected chi connectivity index (χ0v) is 15.3. The minimum Gasteiger partial charge on any atom is -0.334 e. The maximum Gasteiger partial charge on any atom is 0.134 e. The molecule has 4 rings (SSSR count). The SMILES string of the molecule is CCc1cc(-c2cccs2)ncc1N(C)c1cc2c(cn1)ncn2C. The van der Waals surface area contributed by atoms with Crippen molar-refractivity contribution in [2.24, 2.45) is 7.05 Å². The molecule has 6 heteroatoms. The van der Waals surface area contributed by atoms with Crippen LogP contribution in [0.25, 0.3) is 21.6 Å². The molecule has 0 spiro atoms. The Hall–Kier alpha value is -2.73. The molecular weight excluding hydrogens is 330 g/mol. The molecule has 5 nitrogen and oxygen atoms in total. The maximum atomic E-state index is 4.67. The Kier molecular flexibility index (Phi) is 3.97. The molecule has 0 radical (unpaired) electrons. The predicted molar refractivity (Wildman–Crippen MR) is 104 cm³/mol. The quantitative estimate of drug-likeness (QED) is 0.547. The van der Waals surface area contributed by atoms with Crippen LogP contribution in [0.1, 0.15) is 12.5 Å². The summed E-state index contributed by atoms with van der Waals surface area (Å²) in [4.78, 5) is 16.9. The van der Waals surface area contributed by atoms with Gasteiger partial charge < -0.3 is 9.47 Å². The zero-order valence-electron chi connectivity index (χ0n) is 14.5. The van der Waals surface area contributed by atoms with E-state index in [4.69, 9.17) is 0 Å². The van der Waals surface area contributed by atoms with Crippen molar-refractivity contribution in [3.63, 3.8) is 0 Å². The van der Waals surface area contributed by atoms with Crippen molar-refractivity contribution in [1.29, 1.82) is 0 Å². The van der Waals surface area contributed by atoms with Crippen molar-refractivity contribution in [3.05, 3.63) is 53.9 Å². The lowest BCUT2D eigenvalue weighted by atomic mass is 10.1. The van der Waals surface area contributed by atoms with Crippen LogP contribution in [0, 0.1) is 0 Å². The molecule has 0 aliphatic heterocycles. The summed E-state index contributed by atoms with van der Waals surface area (Å²) < 4.78 is 2.01. The molecule has 0 bridgehead atoms. The van der Waals surface area contributed by atoms with Crippen LogP contribution < -0.4 is 4.90 Å². The van der Waals surface area contributed by atoms with Gasteiger partial charge in [0.1, 0.15) is 11.3 Å². The van der Waals surface area contributed by atoms with Crippen LogP contribution in [0.5, 0.6) is 0 Å². The van der Waals surface area contributed by atoms with E-state index in [-0.39, 0.29) is 0 Å². The molecule has 0 unspecified atom stereocenters. The first-order valence-corrected chi connectivity index (χ1v) is 9.09. The van der Waals surface area contributed by atoms with Crippen molar-refractivity contribution < 1.29 is 0 Å². The van der Waals surface area contributed by atoms with Crippen LogP contribution in [0.15, 0.2) is 48.4 Å². The molecule has 0 aliphatic rings. The lowest BCUT2D eigenvalue weighted by Gasteiger charge is -2.21. The summed E-state index contributed by atoms with van der Waals surface area (Å²) in [5.74, 6) is 0.886. The summed E-state index contributed by atoms with van der Waals surface area (Å²) in [6, 6.07) is 8.41. The number of thiophene rings is 1. The van der Waals surface area contributed by atoms with E-state index >= 15 is 0 Å². The van der Waals surface area contributed by atoms with E-state index in [9.17, 15) is 0 Å². The number of fused-ring (bicyclic) bond motifs is 1. The van der Waals surface area contributed by atoms with Gasteiger partial charge in [0, 0.05) is 20.2 Å². The summed E-state index contributed by atoms with van der Waals surface area (Å²) in [7, 11) is 4.03. The molecule has 0 amide bonds. The van der Waals surface area contributed by atoms with E-state index in [0.29, 0.717) is 0 Å². The number of hydrogen-bond acceptors (Lipinski definition) is 5. The third kappa shape index (κ3) is 2.78. The van der Waals surface area contributed by atoms with Crippen molar-refractivity contribution in [1.82, 2.24) is 19.5 Å². The fourth-order valence-electron chi connectivity index (χ4n) is 2.96. The Morgan fingerprint density at radius 2 is 2.04 bits per heavy atom. The van der Waals surface area contributed by atoms with Gasteiger partial charge in [-0.15, -0.1) is 11.3 Å². The average molecular weight is 349 g/mol. The van der Waals surface area contributed by atoms with Gasteiger partial charge in [0.15, 0.2) is 0 Å². The number of pyridine rings is 2. The van der Waals surface area contributed by atoms with Crippen LogP contribution in [0.2, 0.25) is 0 Å². The van der Waals surface area contributed by atoms with Crippen molar-refractivity contribution in [2.45, 2.75) is 13.3 Å². The summed E-state index contributed by atoms with van der Waals surface area (Å²) in [6.07, 6.45) is 6.52. The van der Waals surface area contributed by atoms with Crippen LogP contribution in [0.4, 0.5) is 11.5 Å². The van der Waals surface area contributed by atoms with Crippen LogP contribution in [-0.4, -0.2) is 26.6 Å². The Balaban J connectivity index is 1.75. The van der Waals surface area contributed by atoms with E-state index in [1.165, 1.54) is 10.4 Å². The van der Waals surface area contributed by atoms with Gasteiger partial charge in [-0.1, -0.05) is 13.0 Å². The predicted octanol–water partition coefficient (Wildman–Crippen LogP) is 4.42. The second-order valence-electron chi connectivity index (χ2n) is 5.97. The fourth-order valence-corrected chi connectivity index (χ4v) is 3.65. The molecule has 0 saturated heterocycles. The normalized spacial score (nSPS) is 11.2. The molecule has 0 fully saturated rings. The molecule has 4 heterocycles. The molecule has 0 atom stereocenters. The number of nitrogens with zero attached hydrogens (tertiary/aromatic N) is 5. The summed E-state index contributed by atoms with van der Waals surface area (Å²) >= 11 is 1.71. The summed E-state index contributed by atoms with van der Waals surface area (Å²) in [5.41, 5.74) is 5.34. The first-order chi connectivity index (χ1) is 12.2. The van der Waals surface area contributed by atoms with E-state index in [2.05, 4.69) is 56.4 Å². The van der Waals surface area contributed by atoms with Crippen LogP contribution in [0.3, 0.4) is 0 Å². The Morgan fingerprint density at radius 3 is 2.80 bits per heavy atom. The molecular formula is C19H19N5S. The van der Waals surface area contributed by atoms with E-state index in [0.717, 1.165) is 34.7 Å². The lowest BCUT2D eigenvalue weighted by Crippen LogP contribution is -2.14. The Labute approximate surface area is 150 Å². The molecule has 0 aliphatic carbocycles. The lowest BCUT2D eigenvalue weighted by molar-refractivity contribution is 0.946. The van der Waals surface area contributed by atoms with E-state index in [1.54, 1.807) is 11.3 Å². The van der Waals surface area contributed by atoms with E-state index in [1.807, 2.05) is 37.4 Å². The average Bonchev–Trinajstić information content (AvgIpc) is 3.31. The number of imidazole rings is 1. The number of aryl methyl sites for hydroxylation is 2. The third-order valence-corrected chi connectivity index (χ3v) is 5.32. The van der Waals surface area contributed by atoms with Gasteiger partial charge in [-0.2, -0.15) is 0 Å². The largest absolute Gasteiger partial charge is 0.334 e. The van der Waals surface area contributed by atoms with Crippen molar-refractivity contribution in [3.8, 4) is 10.6 Å². The topological polar surface area (TPSA) is 46.8 Å². The van der Waals surface area contributed by atoms with Crippen molar-refractivity contribution >= 4 is 33.9 Å². The fraction of sp³-hybridized carbons (Fsp3) is 0.211. The zero-order chi connectivity index (χ0) is 17.4. The molecule has 126 valence electrons. The molecule has 4 aromatic rings. The monoisotopic (exact) mass is 349 g/mol. The highest BCUT2D eigenvalue weighted by molar-refractivity contribution is 7.13. The first-order valence-electron chi connectivity index (χ1n) is 8.21. The summed E-state index contributed by atoms with van der Waals surface area (Å²) in [6.45, 7) is 2.17. The van der Waals surface area contributed by atoms with Crippen LogP contribution >= 0.6 is 11.3 Å². The van der Waals surface area contributed by atoms with Gasteiger partial charge in [0.2, 0.25) is 0 Å². The second-order valence-corrected chi connectivity index (χ2v) is 6.92.